The van der Waals surface area contributed by atoms with Gasteiger partial charge in [0.2, 0.25) is 5.69 Å². The maximum absolute atomic E-state index is 12.3. The number of hydrogen-bond donors (Lipinski definition) is 1. The molecule has 1 aromatic heterocycles. The van der Waals surface area contributed by atoms with Gasteiger partial charge in [0.05, 0.1) is 6.54 Å². The molecule has 2 aromatic rings. The van der Waals surface area contributed by atoms with Crippen LogP contribution in [0.5, 0.6) is 5.88 Å². The molecule has 3 rings (SSSR count). The summed E-state index contributed by atoms with van der Waals surface area (Å²) in [6.45, 7) is 3.01. The Balaban J connectivity index is 1.59. The highest BCUT2D eigenvalue weighted by Gasteiger charge is 2.28. The molecule has 1 aliphatic rings. The number of nitrogens with zero attached hydrogens (tertiary/aromatic N) is 4. The average Bonchev–Trinajstić information content (AvgIpc) is 3.04. The zero-order valence-electron chi connectivity index (χ0n) is 13.3. The van der Waals surface area contributed by atoms with Crippen LogP contribution in [-0.4, -0.2) is 40.1 Å². The Bertz CT molecular complexity index is 787. The molecule has 24 heavy (non-hydrogen) atoms. The van der Waals surface area contributed by atoms with E-state index in [1.165, 1.54) is 12.4 Å². The predicted octanol–water partition coefficient (Wildman–Crippen LogP) is 2.34. The summed E-state index contributed by atoms with van der Waals surface area (Å²) in [7, 11) is 0. The zero-order valence-corrected chi connectivity index (χ0v) is 13.3. The molecule has 0 bridgehead atoms. The van der Waals surface area contributed by atoms with E-state index < -0.39 is 0 Å². The minimum Gasteiger partial charge on any atom is -0.470 e. The van der Waals surface area contributed by atoms with Gasteiger partial charge in [0.15, 0.2) is 0 Å². The summed E-state index contributed by atoms with van der Waals surface area (Å²) in [4.78, 5) is 22.0. The molecular weight excluding hydrogens is 306 g/mol. The van der Waals surface area contributed by atoms with Crippen LogP contribution >= 0.6 is 0 Å². The number of nitriles is 1. The molecule has 1 fully saturated rings. The van der Waals surface area contributed by atoms with Crippen LogP contribution < -0.4 is 10.1 Å². The van der Waals surface area contributed by atoms with E-state index in [0.29, 0.717) is 19.5 Å². The Morgan fingerprint density at radius 3 is 3.04 bits per heavy atom. The lowest BCUT2D eigenvalue weighted by atomic mass is 10.2. The second-order valence-electron chi connectivity index (χ2n) is 5.60. The van der Waals surface area contributed by atoms with E-state index in [9.17, 15) is 4.79 Å². The summed E-state index contributed by atoms with van der Waals surface area (Å²) in [6, 6.07) is 9.44. The molecule has 1 atom stereocenters. The Labute approximate surface area is 139 Å². The molecule has 1 saturated heterocycles. The number of amides is 2. The van der Waals surface area contributed by atoms with Gasteiger partial charge in [-0.2, -0.15) is 5.26 Å². The molecular formula is C17H17N5O2. The van der Waals surface area contributed by atoms with Crippen LogP contribution in [0, 0.1) is 18.3 Å². The molecule has 0 saturated carbocycles. The van der Waals surface area contributed by atoms with Gasteiger partial charge in [0.1, 0.15) is 12.2 Å². The largest absolute Gasteiger partial charge is 0.470 e. The van der Waals surface area contributed by atoms with Gasteiger partial charge < -0.3 is 15.0 Å². The van der Waals surface area contributed by atoms with E-state index in [1.54, 1.807) is 4.90 Å². The molecule has 1 aromatic carbocycles. The lowest BCUT2D eigenvalue weighted by Gasteiger charge is -2.18. The van der Waals surface area contributed by atoms with Gasteiger partial charge in [0, 0.05) is 31.0 Å². The normalized spacial score (nSPS) is 16.5. The molecule has 1 N–H and O–H groups in total. The first-order chi connectivity index (χ1) is 11.7. The first-order valence-electron chi connectivity index (χ1n) is 7.66. The fourth-order valence-electron chi connectivity index (χ4n) is 2.58. The van der Waals surface area contributed by atoms with Crippen molar-refractivity contribution in [3.8, 4) is 11.9 Å². The van der Waals surface area contributed by atoms with Gasteiger partial charge >= 0.3 is 6.03 Å². The number of ether oxygens (including phenoxy) is 1. The number of benzene rings is 1. The average molecular weight is 323 g/mol. The maximum atomic E-state index is 12.3. The van der Waals surface area contributed by atoms with Gasteiger partial charge in [0.25, 0.3) is 5.88 Å². The highest BCUT2D eigenvalue weighted by Crippen LogP contribution is 2.19. The monoisotopic (exact) mass is 323 g/mol. The number of likely N-dealkylation sites (tertiary alicyclic amines) is 1. The second kappa shape index (κ2) is 6.96. The van der Waals surface area contributed by atoms with Crippen LogP contribution in [0.25, 0.3) is 0 Å². The van der Waals surface area contributed by atoms with Crippen LogP contribution in [0.3, 0.4) is 0 Å². The maximum Gasteiger partial charge on any atom is 0.321 e. The van der Waals surface area contributed by atoms with Crippen molar-refractivity contribution in [2.45, 2.75) is 19.4 Å². The van der Waals surface area contributed by atoms with E-state index in [4.69, 9.17) is 10.00 Å². The standard InChI is InChI=1S/C17H17N5O2/c1-12-3-2-4-13(9-12)21-17(23)22-8-5-14(11-22)24-16-15(10-18)19-6-7-20-16/h2-4,6-7,9,14H,5,8,11H2,1H3,(H,21,23). The molecule has 2 heterocycles. The topological polar surface area (TPSA) is 91.1 Å². The molecule has 0 radical (unpaired) electrons. The number of aromatic nitrogens is 2. The van der Waals surface area contributed by atoms with Gasteiger partial charge in [-0.05, 0) is 24.6 Å². The Morgan fingerprint density at radius 1 is 1.42 bits per heavy atom. The highest BCUT2D eigenvalue weighted by molar-refractivity contribution is 5.89. The van der Waals surface area contributed by atoms with E-state index >= 15 is 0 Å². The molecule has 0 spiro atoms. The van der Waals surface area contributed by atoms with E-state index in [1.807, 2.05) is 37.3 Å². The van der Waals surface area contributed by atoms with E-state index in [0.717, 1.165) is 11.3 Å². The number of aryl methyl sites for hydroxylation is 1. The van der Waals surface area contributed by atoms with Crippen LogP contribution in [-0.2, 0) is 0 Å². The molecule has 2 amide bonds. The molecule has 7 nitrogen and oxygen atoms in total. The summed E-state index contributed by atoms with van der Waals surface area (Å²) in [6.07, 6.45) is 3.41. The highest BCUT2D eigenvalue weighted by atomic mass is 16.5. The van der Waals surface area contributed by atoms with Crippen molar-refractivity contribution in [1.29, 1.82) is 5.26 Å². The van der Waals surface area contributed by atoms with Crippen molar-refractivity contribution in [3.63, 3.8) is 0 Å². The van der Waals surface area contributed by atoms with Crippen molar-refractivity contribution in [1.82, 2.24) is 14.9 Å². The fraction of sp³-hybridized carbons (Fsp3) is 0.294. The summed E-state index contributed by atoms with van der Waals surface area (Å²) < 4.78 is 5.73. The Hall–Kier alpha value is -3.14. The number of carbonyl (C=O) groups is 1. The fourth-order valence-corrected chi connectivity index (χ4v) is 2.58. The van der Waals surface area contributed by atoms with Gasteiger partial charge in [-0.25, -0.2) is 14.8 Å². The number of rotatable bonds is 3. The van der Waals surface area contributed by atoms with E-state index in [-0.39, 0.29) is 23.7 Å². The predicted molar refractivity (Wildman–Crippen MR) is 87.6 cm³/mol. The van der Waals surface area contributed by atoms with Crippen LogP contribution in [0.15, 0.2) is 36.7 Å². The molecule has 1 aliphatic heterocycles. The third-order valence-electron chi connectivity index (χ3n) is 3.75. The summed E-state index contributed by atoms with van der Waals surface area (Å²) >= 11 is 0. The number of anilines is 1. The number of nitrogens with one attached hydrogen (secondary N) is 1. The Morgan fingerprint density at radius 2 is 2.25 bits per heavy atom. The second-order valence-corrected chi connectivity index (χ2v) is 5.60. The van der Waals surface area contributed by atoms with Crippen molar-refractivity contribution in [2.75, 3.05) is 18.4 Å². The molecule has 122 valence electrons. The molecule has 7 heteroatoms. The van der Waals surface area contributed by atoms with Crippen molar-refractivity contribution in [3.05, 3.63) is 47.9 Å². The smallest absolute Gasteiger partial charge is 0.321 e. The van der Waals surface area contributed by atoms with E-state index in [2.05, 4.69) is 15.3 Å². The quantitative estimate of drug-likeness (QED) is 0.936. The summed E-state index contributed by atoms with van der Waals surface area (Å²) in [5, 5.41) is 11.9. The minimum absolute atomic E-state index is 0.153. The van der Waals surface area contributed by atoms with Crippen LogP contribution in [0.1, 0.15) is 17.7 Å². The minimum atomic E-state index is -0.197. The Kier molecular flexibility index (Phi) is 4.57. The van der Waals surface area contributed by atoms with Crippen molar-refractivity contribution >= 4 is 11.7 Å². The van der Waals surface area contributed by atoms with Crippen LogP contribution in [0.4, 0.5) is 10.5 Å². The van der Waals surface area contributed by atoms with Gasteiger partial charge in [-0.15, -0.1) is 0 Å². The first kappa shape index (κ1) is 15.7. The third-order valence-corrected chi connectivity index (χ3v) is 3.75. The van der Waals surface area contributed by atoms with Crippen LogP contribution in [0.2, 0.25) is 0 Å². The summed E-state index contributed by atoms with van der Waals surface area (Å²) in [5.74, 6) is 0.214. The van der Waals surface area contributed by atoms with Gasteiger partial charge in [-0.3, -0.25) is 0 Å². The lowest BCUT2D eigenvalue weighted by molar-refractivity contribution is 0.189. The third kappa shape index (κ3) is 3.60. The molecule has 0 aliphatic carbocycles. The summed E-state index contributed by atoms with van der Waals surface area (Å²) in [5.41, 5.74) is 2.01. The van der Waals surface area contributed by atoms with Gasteiger partial charge in [-0.1, -0.05) is 12.1 Å². The zero-order chi connectivity index (χ0) is 16.9. The number of urea groups is 1. The molecule has 1 unspecified atom stereocenters. The number of carbonyl (C=O) groups excluding carboxylic acids is 1. The van der Waals surface area contributed by atoms with Crippen molar-refractivity contribution in [2.24, 2.45) is 0 Å². The lowest BCUT2D eigenvalue weighted by Crippen LogP contribution is -2.34. The number of hydrogen-bond acceptors (Lipinski definition) is 5. The SMILES string of the molecule is Cc1cccc(NC(=O)N2CCC(Oc3nccnc3C#N)C2)c1. The van der Waals surface area contributed by atoms with Crippen molar-refractivity contribution < 1.29 is 9.53 Å². The first-order valence-corrected chi connectivity index (χ1v) is 7.66.